The summed E-state index contributed by atoms with van der Waals surface area (Å²) >= 11 is 1.55. The molecule has 0 saturated carbocycles. The first-order chi connectivity index (χ1) is 14.8. The minimum Gasteiger partial charge on any atom is -0.497 e. The van der Waals surface area contributed by atoms with Gasteiger partial charge in [-0.15, -0.1) is 10.2 Å². The summed E-state index contributed by atoms with van der Waals surface area (Å²) in [5, 5.41) is 13.7. The Hall–Kier alpha value is -3.13. The third-order valence-corrected chi connectivity index (χ3v) is 5.63. The number of benzene rings is 2. The average Bonchev–Trinajstić information content (AvgIpc) is 3.43. The van der Waals surface area contributed by atoms with Crippen LogP contribution in [0.5, 0.6) is 5.75 Å². The van der Waals surface area contributed by atoms with Crippen molar-refractivity contribution in [1.82, 2.24) is 24.9 Å². The van der Waals surface area contributed by atoms with Gasteiger partial charge in [-0.25, -0.2) is 0 Å². The van der Waals surface area contributed by atoms with E-state index < -0.39 is 0 Å². The number of aromatic nitrogens is 5. The van der Waals surface area contributed by atoms with Crippen LogP contribution in [0.3, 0.4) is 0 Å². The highest BCUT2D eigenvalue weighted by molar-refractivity contribution is 7.98. The van der Waals surface area contributed by atoms with Crippen LogP contribution in [0.25, 0.3) is 11.4 Å². The first-order valence-corrected chi connectivity index (χ1v) is 10.8. The van der Waals surface area contributed by atoms with E-state index >= 15 is 0 Å². The van der Waals surface area contributed by atoms with Gasteiger partial charge in [0.1, 0.15) is 5.75 Å². The predicted octanol–water partition coefficient (Wildman–Crippen LogP) is 4.43. The van der Waals surface area contributed by atoms with Crippen LogP contribution in [0.4, 0.5) is 0 Å². The van der Waals surface area contributed by atoms with Crippen LogP contribution in [0.1, 0.15) is 24.2 Å². The monoisotopic (exact) mass is 421 g/mol. The standard InChI is InChI=1S/C22H23N5O2S/c1-3-19-23-20(29-26-19)15-30-22-25-24-21(17-9-11-18(28-2)12-10-17)27(22)14-13-16-7-5-4-6-8-16/h4-12H,3,13-15H2,1-2H3. The lowest BCUT2D eigenvalue weighted by Gasteiger charge is -2.10. The Morgan fingerprint density at radius 3 is 2.53 bits per heavy atom. The summed E-state index contributed by atoms with van der Waals surface area (Å²) in [7, 11) is 1.66. The topological polar surface area (TPSA) is 78.9 Å². The second kappa shape index (κ2) is 9.58. The number of rotatable bonds is 9. The molecule has 0 saturated heterocycles. The van der Waals surface area contributed by atoms with Crippen molar-refractivity contribution in [1.29, 1.82) is 0 Å². The third kappa shape index (κ3) is 4.71. The summed E-state index contributed by atoms with van der Waals surface area (Å²) < 4.78 is 12.7. The number of ether oxygens (including phenoxy) is 1. The van der Waals surface area contributed by atoms with E-state index in [1.165, 1.54) is 5.56 Å². The Labute approximate surface area is 179 Å². The van der Waals surface area contributed by atoms with Crippen molar-refractivity contribution < 1.29 is 9.26 Å². The predicted molar refractivity (Wildman–Crippen MR) is 115 cm³/mol. The molecule has 7 nitrogen and oxygen atoms in total. The molecule has 2 aromatic carbocycles. The molecule has 4 rings (SSSR count). The first-order valence-electron chi connectivity index (χ1n) is 9.82. The minimum atomic E-state index is 0.555. The normalized spacial score (nSPS) is 11.0. The van der Waals surface area contributed by atoms with Gasteiger partial charge < -0.3 is 13.8 Å². The van der Waals surface area contributed by atoms with Crippen molar-refractivity contribution in [2.24, 2.45) is 0 Å². The van der Waals surface area contributed by atoms with Gasteiger partial charge in [0, 0.05) is 18.5 Å². The van der Waals surface area contributed by atoms with Crippen molar-refractivity contribution in [3.8, 4) is 17.1 Å². The van der Waals surface area contributed by atoms with E-state index in [0.717, 1.165) is 47.5 Å². The SMILES string of the molecule is CCc1noc(CSc2nnc(-c3ccc(OC)cc3)n2CCc2ccccc2)n1. The molecule has 0 aliphatic heterocycles. The van der Waals surface area contributed by atoms with E-state index in [-0.39, 0.29) is 0 Å². The molecule has 0 radical (unpaired) electrons. The van der Waals surface area contributed by atoms with Crippen LogP contribution >= 0.6 is 11.8 Å². The Morgan fingerprint density at radius 2 is 1.83 bits per heavy atom. The molecule has 0 unspecified atom stereocenters. The van der Waals surface area contributed by atoms with Gasteiger partial charge in [-0.3, -0.25) is 0 Å². The van der Waals surface area contributed by atoms with E-state index in [2.05, 4.69) is 49.2 Å². The molecule has 8 heteroatoms. The maximum atomic E-state index is 5.31. The largest absolute Gasteiger partial charge is 0.497 e. The molecule has 0 bridgehead atoms. The molecular formula is C22H23N5O2S. The van der Waals surface area contributed by atoms with Gasteiger partial charge in [0.25, 0.3) is 0 Å². The molecule has 4 aromatic rings. The van der Waals surface area contributed by atoms with Crippen molar-refractivity contribution in [3.05, 3.63) is 71.9 Å². The highest BCUT2D eigenvalue weighted by Gasteiger charge is 2.16. The van der Waals surface area contributed by atoms with Crippen LogP contribution in [-0.2, 0) is 25.1 Å². The van der Waals surface area contributed by atoms with E-state index in [1.54, 1.807) is 18.9 Å². The zero-order valence-corrected chi connectivity index (χ0v) is 17.8. The van der Waals surface area contributed by atoms with E-state index in [4.69, 9.17) is 9.26 Å². The van der Waals surface area contributed by atoms with Gasteiger partial charge in [-0.05, 0) is 36.2 Å². The Balaban J connectivity index is 1.58. The molecule has 0 aliphatic carbocycles. The molecule has 0 aliphatic rings. The summed E-state index contributed by atoms with van der Waals surface area (Å²) in [6, 6.07) is 18.3. The summed E-state index contributed by atoms with van der Waals surface area (Å²) in [6.07, 6.45) is 1.64. The molecule has 2 heterocycles. The van der Waals surface area contributed by atoms with Crippen molar-refractivity contribution in [2.45, 2.75) is 37.2 Å². The molecular weight excluding hydrogens is 398 g/mol. The van der Waals surface area contributed by atoms with Gasteiger partial charge in [0.05, 0.1) is 12.9 Å². The lowest BCUT2D eigenvalue weighted by molar-refractivity contribution is 0.385. The number of aryl methyl sites for hydroxylation is 2. The van der Waals surface area contributed by atoms with Crippen molar-refractivity contribution >= 4 is 11.8 Å². The molecule has 0 N–H and O–H groups in total. The minimum absolute atomic E-state index is 0.555. The van der Waals surface area contributed by atoms with Gasteiger partial charge in [-0.2, -0.15) is 4.98 Å². The lowest BCUT2D eigenvalue weighted by Crippen LogP contribution is -2.05. The summed E-state index contributed by atoms with van der Waals surface area (Å²) in [4.78, 5) is 4.38. The molecule has 30 heavy (non-hydrogen) atoms. The quantitative estimate of drug-likeness (QED) is 0.370. The van der Waals surface area contributed by atoms with E-state index in [9.17, 15) is 0 Å². The van der Waals surface area contributed by atoms with Crippen LogP contribution in [0.2, 0.25) is 0 Å². The zero-order chi connectivity index (χ0) is 20.8. The van der Waals surface area contributed by atoms with Crippen molar-refractivity contribution in [3.63, 3.8) is 0 Å². The molecule has 0 atom stereocenters. The fraction of sp³-hybridized carbons (Fsp3) is 0.273. The smallest absolute Gasteiger partial charge is 0.237 e. The van der Waals surface area contributed by atoms with Crippen LogP contribution in [0, 0.1) is 0 Å². The lowest BCUT2D eigenvalue weighted by atomic mass is 10.1. The van der Waals surface area contributed by atoms with Crippen LogP contribution in [-0.4, -0.2) is 32.0 Å². The average molecular weight is 422 g/mol. The highest BCUT2D eigenvalue weighted by Crippen LogP contribution is 2.27. The Morgan fingerprint density at radius 1 is 1.03 bits per heavy atom. The van der Waals surface area contributed by atoms with E-state index in [1.807, 2.05) is 37.3 Å². The molecule has 0 spiro atoms. The third-order valence-electron chi connectivity index (χ3n) is 4.68. The van der Waals surface area contributed by atoms with Gasteiger partial charge in [0.15, 0.2) is 16.8 Å². The van der Waals surface area contributed by atoms with Crippen molar-refractivity contribution in [2.75, 3.05) is 7.11 Å². The number of hydrogen-bond donors (Lipinski definition) is 0. The van der Waals surface area contributed by atoms with Gasteiger partial charge in [-0.1, -0.05) is 54.2 Å². The maximum Gasteiger partial charge on any atom is 0.237 e. The Bertz CT molecular complexity index is 1080. The van der Waals surface area contributed by atoms with Gasteiger partial charge in [0.2, 0.25) is 5.89 Å². The van der Waals surface area contributed by atoms with Gasteiger partial charge >= 0.3 is 0 Å². The van der Waals surface area contributed by atoms with Crippen LogP contribution < -0.4 is 4.74 Å². The number of hydrogen-bond acceptors (Lipinski definition) is 7. The maximum absolute atomic E-state index is 5.31. The Kier molecular flexibility index (Phi) is 6.44. The fourth-order valence-corrected chi connectivity index (χ4v) is 3.86. The first kappa shape index (κ1) is 20.2. The molecule has 2 aromatic heterocycles. The molecule has 0 amide bonds. The zero-order valence-electron chi connectivity index (χ0n) is 17.0. The van der Waals surface area contributed by atoms with Crippen LogP contribution in [0.15, 0.2) is 64.3 Å². The number of nitrogens with zero attached hydrogens (tertiary/aromatic N) is 5. The second-order valence-electron chi connectivity index (χ2n) is 6.67. The fourth-order valence-electron chi connectivity index (χ4n) is 3.05. The summed E-state index contributed by atoms with van der Waals surface area (Å²) in [5.41, 5.74) is 2.27. The molecule has 0 fully saturated rings. The summed E-state index contributed by atoms with van der Waals surface area (Å²) in [6.45, 7) is 2.77. The second-order valence-corrected chi connectivity index (χ2v) is 7.61. The summed E-state index contributed by atoms with van der Waals surface area (Å²) in [5.74, 6) is 3.51. The number of methoxy groups -OCH3 is 1. The number of thioether (sulfide) groups is 1. The van der Waals surface area contributed by atoms with E-state index in [0.29, 0.717) is 11.6 Å². The highest BCUT2D eigenvalue weighted by atomic mass is 32.2. The molecule has 154 valence electrons.